The third-order valence-corrected chi connectivity index (χ3v) is 3.23. The Morgan fingerprint density at radius 1 is 1.48 bits per heavy atom. The summed E-state index contributed by atoms with van der Waals surface area (Å²) in [5, 5.41) is 0.653. The van der Waals surface area contributed by atoms with Gasteiger partial charge in [0, 0.05) is 18.6 Å². The third kappa shape index (κ3) is 7.55. The highest BCUT2D eigenvalue weighted by molar-refractivity contribution is 6.30. The van der Waals surface area contributed by atoms with Crippen molar-refractivity contribution >= 4 is 29.9 Å². The molecule has 1 atom stereocenters. The lowest BCUT2D eigenvalue weighted by atomic mass is 10.1. The average molecular weight is 335 g/mol. The molecule has 1 rings (SSSR count). The van der Waals surface area contributed by atoms with Crippen molar-refractivity contribution in [1.29, 1.82) is 0 Å². The van der Waals surface area contributed by atoms with Crippen LogP contribution in [0.25, 0.3) is 0 Å². The van der Waals surface area contributed by atoms with E-state index in [0.717, 1.165) is 25.0 Å². The van der Waals surface area contributed by atoms with Crippen molar-refractivity contribution in [3.05, 3.63) is 29.3 Å². The first-order chi connectivity index (χ1) is 9.54. The molecule has 0 saturated heterocycles. The Labute approximate surface area is 138 Å². The molecule has 0 aromatic heterocycles. The maximum Gasteiger partial charge on any atom is 0.239 e. The number of benzene rings is 1. The Balaban J connectivity index is 0.00000400. The molecule has 1 amide bonds. The Morgan fingerprint density at radius 2 is 2.19 bits per heavy atom. The fraction of sp³-hybridized carbons (Fsp3) is 0.533. The average Bonchev–Trinajstić information content (AvgIpc) is 2.43. The second-order valence-electron chi connectivity index (χ2n) is 4.81. The number of ether oxygens (including phenoxy) is 1. The van der Waals surface area contributed by atoms with Crippen molar-refractivity contribution in [2.24, 2.45) is 5.73 Å². The molecule has 1 aromatic rings. The predicted octanol–water partition coefficient (Wildman–Crippen LogP) is 3.12. The number of nitrogens with zero attached hydrogens (tertiary/aromatic N) is 1. The van der Waals surface area contributed by atoms with Gasteiger partial charge >= 0.3 is 0 Å². The van der Waals surface area contributed by atoms with Crippen molar-refractivity contribution in [2.75, 3.05) is 20.2 Å². The van der Waals surface area contributed by atoms with Crippen LogP contribution >= 0.6 is 24.0 Å². The molecule has 4 nitrogen and oxygen atoms in total. The monoisotopic (exact) mass is 334 g/mol. The van der Waals surface area contributed by atoms with E-state index in [-0.39, 0.29) is 24.4 Å². The summed E-state index contributed by atoms with van der Waals surface area (Å²) in [6, 6.07) is 6.89. The van der Waals surface area contributed by atoms with Crippen LogP contribution in [0, 0.1) is 0 Å². The van der Waals surface area contributed by atoms with E-state index in [2.05, 4.69) is 0 Å². The predicted molar refractivity (Wildman–Crippen MR) is 89.3 cm³/mol. The molecular weight excluding hydrogens is 311 g/mol. The van der Waals surface area contributed by atoms with Gasteiger partial charge in [-0.2, -0.15) is 0 Å². The lowest BCUT2D eigenvalue weighted by Crippen LogP contribution is -2.42. The molecule has 0 saturated carbocycles. The summed E-state index contributed by atoms with van der Waals surface area (Å²) in [6.07, 6.45) is 2.40. The third-order valence-electron chi connectivity index (χ3n) is 3.00. The van der Waals surface area contributed by atoms with Crippen LogP contribution in [0.15, 0.2) is 24.3 Å². The summed E-state index contributed by atoms with van der Waals surface area (Å²) in [7, 11) is 1.78. The molecule has 0 radical (unpaired) electrons. The van der Waals surface area contributed by atoms with Crippen LogP contribution in [0.5, 0.6) is 5.75 Å². The molecule has 1 unspecified atom stereocenters. The first-order valence-corrected chi connectivity index (χ1v) is 7.31. The lowest BCUT2D eigenvalue weighted by Gasteiger charge is -2.21. The molecule has 0 aliphatic rings. The van der Waals surface area contributed by atoms with E-state index in [1.165, 1.54) is 0 Å². The number of likely N-dealkylation sites (N-methyl/N-ethyl adjacent to an activating group) is 1. The van der Waals surface area contributed by atoms with Crippen molar-refractivity contribution in [1.82, 2.24) is 4.90 Å². The Hall–Kier alpha value is -0.970. The van der Waals surface area contributed by atoms with E-state index >= 15 is 0 Å². The van der Waals surface area contributed by atoms with Crippen LogP contribution in [0.4, 0.5) is 0 Å². The first-order valence-electron chi connectivity index (χ1n) is 6.93. The van der Waals surface area contributed by atoms with Gasteiger partial charge < -0.3 is 15.4 Å². The zero-order valence-electron chi connectivity index (χ0n) is 12.5. The molecule has 21 heavy (non-hydrogen) atoms. The summed E-state index contributed by atoms with van der Waals surface area (Å²) in [5.41, 5.74) is 5.80. The highest BCUT2D eigenvalue weighted by Crippen LogP contribution is 2.17. The van der Waals surface area contributed by atoms with Crippen molar-refractivity contribution < 1.29 is 9.53 Å². The first kappa shape index (κ1) is 20.0. The zero-order valence-corrected chi connectivity index (χ0v) is 14.1. The minimum absolute atomic E-state index is 0. The standard InChI is InChI=1S/C15H23ClN2O2.ClH/c1-3-6-14(17)15(19)18(2)9-5-10-20-13-8-4-7-12(16)11-13;/h4,7-8,11,14H,3,5-6,9-10,17H2,1-2H3;1H. The van der Waals surface area contributed by atoms with Gasteiger partial charge in [-0.15, -0.1) is 12.4 Å². The molecule has 0 aliphatic heterocycles. The highest BCUT2D eigenvalue weighted by Gasteiger charge is 2.16. The number of hydrogen-bond donors (Lipinski definition) is 1. The maximum atomic E-state index is 11.9. The van der Waals surface area contributed by atoms with Crippen LogP contribution in [0.3, 0.4) is 0 Å². The van der Waals surface area contributed by atoms with Crippen LogP contribution in [0.1, 0.15) is 26.2 Å². The molecule has 0 fully saturated rings. The van der Waals surface area contributed by atoms with Gasteiger partial charge in [-0.3, -0.25) is 4.79 Å². The molecular formula is C15H24Cl2N2O2. The molecule has 1 aromatic carbocycles. The van der Waals surface area contributed by atoms with E-state index in [0.29, 0.717) is 18.2 Å². The maximum absolute atomic E-state index is 11.9. The van der Waals surface area contributed by atoms with Crippen molar-refractivity contribution in [3.63, 3.8) is 0 Å². The van der Waals surface area contributed by atoms with Gasteiger partial charge in [0.15, 0.2) is 0 Å². The fourth-order valence-corrected chi connectivity index (χ4v) is 2.06. The second kappa shape index (κ2) is 10.7. The van der Waals surface area contributed by atoms with E-state index < -0.39 is 0 Å². The number of nitrogens with two attached hydrogens (primary N) is 1. The van der Waals surface area contributed by atoms with Gasteiger partial charge in [-0.1, -0.05) is 31.0 Å². The Morgan fingerprint density at radius 3 is 2.81 bits per heavy atom. The van der Waals surface area contributed by atoms with Crippen molar-refractivity contribution in [2.45, 2.75) is 32.2 Å². The van der Waals surface area contributed by atoms with Gasteiger partial charge in [0.1, 0.15) is 5.75 Å². The molecule has 0 spiro atoms. The number of halogens is 2. The number of rotatable bonds is 8. The molecule has 0 heterocycles. The van der Waals surface area contributed by atoms with E-state index in [4.69, 9.17) is 22.1 Å². The summed E-state index contributed by atoms with van der Waals surface area (Å²) in [6.45, 7) is 3.20. The van der Waals surface area contributed by atoms with Gasteiger partial charge in [0.05, 0.1) is 12.6 Å². The largest absolute Gasteiger partial charge is 0.493 e. The lowest BCUT2D eigenvalue weighted by molar-refractivity contribution is -0.131. The van der Waals surface area contributed by atoms with Gasteiger partial charge in [0.25, 0.3) is 0 Å². The summed E-state index contributed by atoms with van der Waals surface area (Å²) >= 11 is 5.87. The number of carbonyl (C=O) groups excluding carboxylic acids is 1. The number of hydrogen-bond acceptors (Lipinski definition) is 3. The topological polar surface area (TPSA) is 55.6 Å². The van der Waals surface area contributed by atoms with Gasteiger partial charge in [-0.05, 0) is 31.0 Å². The van der Waals surface area contributed by atoms with Gasteiger partial charge in [-0.25, -0.2) is 0 Å². The highest BCUT2D eigenvalue weighted by atomic mass is 35.5. The van der Waals surface area contributed by atoms with E-state index in [1.54, 1.807) is 24.1 Å². The summed E-state index contributed by atoms with van der Waals surface area (Å²) < 4.78 is 5.57. The zero-order chi connectivity index (χ0) is 15.0. The minimum atomic E-state index is -0.390. The SMILES string of the molecule is CCCC(N)C(=O)N(C)CCCOc1cccc(Cl)c1.Cl. The smallest absolute Gasteiger partial charge is 0.239 e. The van der Waals surface area contributed by atoms with Gasteiger partial charge in [0.2, 0.25) is 5.91 Å². The normalized spacial score (nSPS) is 11.4. The fourth-order valence-electron chi connectivity index (χ4n) is 1.88. The van der Waals surface area contributed by atoms with Crippen LogP contribution in [-0.4, -0.2) is 37.0 Å². The molecule has 0 bridgehead atoms. The van der Waals surface area contributed by atoms with Crippen LogP contribution < -0.4 is 10.5 Å². The molecule has 2 N–H and O–H groups in total. The summed E-state index contributed by atoms with van der Waals surface area (Å²) in [4.78, 5) is 13.6. The second-order valence-corrected chi connectivity index (χ2v) is 5.25. The molecule has 120 valence electrons. The quantitative estimate of drug-likeness (QED) is 0.743. The van der Waals surface area contributed by atoms with Crippen LogP contribution in [-0.2, 0) is 4.79 Å². The summed E-state index contributed by atoms with van der Waals surface area (Å²) in [5.74, 6) is 0.740. The molecule has 6 heteroatoms. The van der Waals surface area contributed by atoms with Crippen LogP contribution in [0.2, 0.25) is 5.02 Å². The number of amides is 1. The molecule has 0 aliphatic carbocycles. The van der Waals surface area contributed by atoms with E-state index in [9.17, 15) is 4.79 Å². The number of carbonyl (C=O) groups is 1. The van der Waals surface area contributed by atoms with Crippen molar-refractivity contribution in [3.8, 4) is 5.75 Å². The van der Waals surface area contributed by atoms with E-state index in [1.807, 2.05) is 19.1 Å². The minimum Gasteiger partial charge on any atom is -0.493 e. The Kier molecular flexibility index (Phi) is 10.2. The Bertz CT molecular complexity index is 430.